The number of rotatable bonds is 7. The Balaban J connectivity index is 1.39. The number of nitrogens with one attached hydrogen (secondary N) is 2. The predicted molar refractivity (Wildman–Crippen MR) is 100 cm³/mol. The van der Waals surface area contributed by atoms with Crippen LogP contribution in [0.4, 0.5) is 4.39 Å². The number of H-pyrrole nitrogens is 1. The third-order valence-corrected chi connectivity index (χ3v) is 5.80. The van der Waals surface area contributed by atoms with E-state index in [9.17, 15) is 9.18 Å². The van der Waals surface area contributed by atoms with E-state index >= 15 is 0 Å². The number of hydrogen-bond acceptors (Lipinski definition) is 4. The van der Waals surface area contributed by atoms with Crippen LogP contribution in [0.15, 0.2) is 35.1 Å². The highest BCUT2D eigenvalue weighted by Crippen LogP contribution is 2.53. The van der Waals surface area contributed by atoms with Crippen LogP contribution in [-0.4, -0.2) is 16.0 Å². The quantitative estimate of drug-likeness (QED) is 0.643. The smallest absolute Gasteiger partial charge is 0.226 e. The largest absolute Gasteiger partial charge is 0.487 e. The summed E-state index contributed by atoms with van der Waals surface area (Å²) in [4.78, 5) is 15.5. The van der Waals surface area contributed by atoms with Gasteiger partial charge in [-0.25, -0.2) is 4.39 Å². The van der Waals surface area contributed by atoms with Gasteiger partial charge < -0.3 is 19.6 Å². The summed E-state index contributed by atoms with van der Waals surface area (Å²) in [6.07, 6.45) is 4.38. The average Bonchev–Trinajstić information content (AvgIpc) is 3.48. The van der Waals surface area contributed by atoms with Crippen LogP contribution in [0.2, 0.25) is 0 Å². The molecule has 146 valence electrons. The van der Waals surface area contributed by atoms with Gasteiger partial charge in [0.1, 0.15) is 30.0 Å². The van der Waals surface area contributed by atoms with Crippen LogP contribution in [-0.2, 0) is 23.6 Å². The molecule has 0 unspecified atom stereocenters. The van der Waals surface area contributed by atoms with Crippen molar-refractivity contribution >= 4 is 16.8 Å². The standard InChI is InChI=1S/C21H22FN3O3/c1-20(3-4-20)19(26)23-11-15-8-13-9-16(21(22)5-6-21)18(10-17(13)24-15)27-12-14-2-7-28-25-14/h2,7-10,24H,3-6,11-12H2,1H3,(H,23,26). The minimum absolute atomic E-state index is 0.0872. The molecule has 1 amide bonds. The van der Waals surface area contributed by atoms with Crippen molar-refractivity contribution in [2.45, 2.75) is 51.4 Å². The van der Waals surface area contributed by atoms with Crippen molar-refractivity contribution in [3.8, 4) is 5.75 Å². The minimum Gasteiger partial charge on any atom is -0.487 e. The summed E-state index contributed by atoms with van der Waals surface area (Å²) in [5.41, 5.74) is 1.44. The molecule has 0 bridgehead atoms. The highest BCUT2D eigenvalue weighted by atomic mass is 19.1. The molecule has 0 saturated heterocycles. The molecular weight excluding hydrogens is 361 g/mol. The van der Waals surface area contributed by atoms with E-state index in [1.807, 2.05) is 25.1 Å². The molecule has 3 aromatic rings. The number of carbonyl (C=O) groups is 1. The summed E-state index contributed by atoms with van der Waals surface area (Å²) < 4.78 is 25.6. The lowest BCUT2D eigenvalue weighted by Crippen LogP contribution is -2.29. The van der Waals surface area contributed by atoms with E-state index in [1.54, 1.807) is 6.07 Å². The van der Waals surface area contributed by atoms with Gasteiger partial charge in [-0.2, -0.15) is 0 Å². The number of ether oxygens (including phenoxy) is 1. The molecule has 2 heterocycles. The number of nitrogens with zero attached hydrogens (tertiary/aromatic N) is 1. The number of aromatic nitrogens is 2. The molecule has 1 aromatic carbocycles. The molecule has 0 aliphatic heterocycles. The fourth-order valence-electron chi connectivity index (χ4n) is 3.43. The molecule has 5 rings (SSSR count). The van der Waals surface area contributed by atoms with Gasteiger partial charge >= 0.3 is 0 Å². The summed E-state index contributed by atoms with van der Waals surface area (Å²) in [6, 6.07) is 7.36. The van der Waals surface area contributed by atoms with Crippen molar-refractivity contribution in [1.82, 2.24) is 15.5 Å². The first-order valence-corrected chi connectivity index (χ1v) is 9.61. The molecule has 2 N–H and O–H groups in total. The van der Waals surface area contributed by atoms with Crippen LogP contribution in [0, 0.1) is 5.41 Å². The van der Waals surface area contributed by atoms with E-state index in [1.165, 1.54) is 6.26 Å². The van der Waals surface area contributed by atoms with Crippen LogP contribution < -0.4 is 10.1 Å². The van der Waals surface area contributed by atoms with Crippen LogP contribution in [0.5, 0.6) is 5.75 Å². The van der Waals surface area contributed by atoms with Gasteiger partial charge in [-0.1, -0.05) is 12.1 Å². The maximum absolute atomic E-state index is 14.9. The van der Waals surface area contributed by atoms with Crippen molar-refractivity contribution in [2.75, 3.05) is 0 Å². The highest BCUT2D eigenvalue weighted by molar-refractivity contribution is 5.86. The summed E-state index contributed by atoms with van der Waals surface area (Å²) in [7, 11) is 0. The Hall–Kier alpha value is -2.83. The van der Waals surface area contributed by atoms with E-state index in [0.29, 0.717) is 36.4 Å². The summed E-state index contributed by atoms with van der Waals surface area (Å²) in [6.45, 7) is 2.62. The first kappa shape index (κ1) is 17.3. The lowest BCUT2D eigenvalue weighted by atomic mass is 10.0. The molecule has 28 heavy (non-hydrogen) atoms. The molecule has 2 aromatic heterocycles. The molecule has 2 saturated carbocycles. The predicted octanol–water partition coefficient (Wildman–Crippen LogP) is 4.11. The van der Waals surface area contributed by atoms with Gasteiger partial charge in [0.2, 0.25) is 5.91 Å². The lowest BCUT2D eigenvalue weighted by Gasteiger charge is -2.13. The fourth-order valence-corrected chi connectivity index (χ4v) is 3.43. The van der Waals surface area contributed by atoms with E-state index in [-0.39, 0.29) is 17.9 Å². The molecule has 0 atom stereocenters. The van der Waals surface area contributed by atoms with Crippen molar-refractivity contribution in [3.05, 3.63) is 47.5 Å². The molecule has 0 radical (unpaired) electrons. The van der Waals surface area contributed by atoms with E-state index in [0.717, 1.165) is 29.4 Å². The number of hydrogen-bond donors (Lipinski definition) is 2. The number of halogens is 1. The Kier molecular flexibility index (Phi) is 3.76. The lowest BCUT2D eigenvalue weighted by molar-refractivity contribution is -0.125. The van der Waals surface area contributed by atoms with Gasteiger partial charge in [0.15, 0.2) is 0 Å². The second kappa shape index (κ2) is 6.09. The third-order valence-electron chi connectivity index (χ3n) is 5.80. The zero-order valence-electron chi connectivity index (χ0n) is 15.7. The number of alkyl halides is 1. The Morgan fingerprint density at radius 1 is 1.32 bits per heavy atom. The minimum atomic E-state index is -1.32. The molecule has 0 spiro atoms. The zero-order chi connectivity index (χ0) is 19.4. The fraction of sp³-hybridized carbons (Fsp3) is 0.429. The molecule has 6 nitrogen and oxygen atoms in total. The normalized spacial score (nSPS) is 18.8. The first-order valence-electron chi connectivity index (χ1n) is 9.61. The Bertz CT molecular complexity index is 1030. The second-order valence-electron chi connectivity index (χ2n) is 8.22. The molecule has 7 heteroatoms. The van der Waals surface area contributed by atoms with Crippen molar-refractivity contribution in [3.63, 3.8) is 0 Å². The van der Waals surface area contributed by atoms with Crippen molar-refractivity contribution in [1.29, 1.82) is 0 Å². The molecular formula is C21H22FN3O3. The summed E-state index contributed by atoms with van der Waals surface area (Å²) >= 11 is 0. The van der Waals surface area contributed by atoms with Gasteiger partial charge in [0, 0.05) is 39.7 Å². The van der Waals surface area contributed by atoms with Gasteiger partial charge in [0.05, 0.1) is 6.54 Å². The second-order valence-corrected chi connectivity index (χ2v) is 8.22. The Morgan fingerprint density at radius 3 is 2.82 bits per heavy atom. The SMILES string of the molecule is CC1(C(=O)NCc2cc3cc(C4(F)CC4)c(OCc4ccon4)cc3[nH]2)CC1. The molecule has 2 fully saturated rings. The zero-order valence-corrected chi connectivity index (χ0v) is 15.7. The summed E-state index contributed by atoms with van der Waals surface area (Å²) in [5, 5.41) is 7.72. The van der Waals surface area contributed by atoms with E-state index in [4.69, 9.17) is 9.26 Å². The number of aromatic amines is 1. The van der Waals surface area contributed by atoms with Gasteiger partial charge in [0.25, 0.3) is 0 Å². The third kappa shape index (κ3) is 3.15. The molecule has 2 aliphatic carbocycles. The maximum Gasteiger partial charge on any atom is 0.226 e. The number of amides is 1. The van der Waals surface area contributed by atoms with Crippen LogP contribution in [0.25, 0.3) is 10.9 Å². The van der Waals surface area contributed by atoms with Crippen LogP contribution >= 0.6 is 0 Å². The maximum atomic E-state index is 14.9. The average molecular weight is 383 g/mol. The first-order chi connectivity index (χ1) is 13.5. The monoisotopic (exact) mass is 383 g/mol. The molecule has 2 aliphatic rings. The van der Waals surface area contributed by atoms with Gasteiger partial charge in [-0.05, 0) is 37.8 Å². The van der Waals surface area contributed by atoms with Crippen LogP contribution in [0.1, 0.15) is 49.6 Å². The van der Waals surface area contributed by atoms with E-state index in [2.05, 4.69) is 15.5 Å². The Morgan fingerprint density at radius 2 is 2.14 bits per heavy atom. The van der Waals surface area contributed by atoms with Crippen LogP contribution in [0.3, 0.4) is 0 Å². The number of fused-ring (bicyclic) bond motifs is 1. The van der Waals surface area contributed by atoms with Gasteiger partial charge in [-0.15, -0.1) is 0 Å². The van der Waals surface area contributed by atoms with Crippen molar-refractivity contribution < 1.29 is 18.4 Å². The Labute approximate surface area is 161 Å². The summed E-state index contributed by atoms with van der Waals surface area (Å²) in [5.74, 6) is 0.600. The van der Waals surface area contributed by atoms with E-state index < -0.39 is 5.67 Å². The van der Waals surface area contributed by atoms with Gasteiger partial charge in [-0.3, -0.25) is 4.79 Å². The number of carbonyl (C=O) groups excluding carboxylic acids is 1. The topological polar surface area (TPSA) is 80.2 Å². The highest BCUT2D eigenvalue weighted by Gasteiger charge is 2.47. The van der Waals surface area contributed by atoms with Crippen molar-refractivity contribution in [2.24, 2.45) is 5.41 Å². The number of benzene rings is 1.